The van der Waals surface area contributed by atoms with Gasteiger partial charge in [-0.05, 0) is 6.08 Å². The fourth-order valence-corrected chi connectivity index (χ4v) is 0.845. The number of nitrogens with zero attached hydrogens (tertiary/aromatic N) is 1. The van der Waals surface area contributed by atoms with Crippen LogP contribution >= 0.6 is 0 Å². The zero-order valence-corrected chi connectivity index (χ0v) is 6.28. The van der Waals surface area contributed by atoms with Crippen LogP contribution in [-0.2, 0) is 9.59 Å². The molecule has 0 fully saturated rings. The maximum Gasteiger partial charge on any atom is 0.237 e. The Morgan fingerprint density at radius 3 is 2.91 bits per heavy atom. The molecule has 11 heavy (non-hydrogen) atoms. The lowest BCUT2D eigenvalue weighted by atomic mass is 10.3. The fraction of sp³-hybridized carbons (Fsp3) is 0.250. The van der Waals surface area contributed by atoms with Crippen molar-refractivity contribution in [3.05, 3.63) is 24.4 Å². The topological polar surface area (TPSA) is 37.4 Å². The summed E-state index contributed by atoms with van der Waals surface area (Å²) in [6, 6.07) is 0. The van der Waals surface area contributed by atoms with E-state index in [1.54, 1.807) is 18.2 Å². The van der Waals surface area contributed by atoms with Gasteiger partial charge in [-0.15, -0.1) is 0 Å². The largest absolute Gasteiger partial charge is 0.274 e. The van der Waals surface area contributed by atoms with Crippen molar-refractivity contribution in [2.75, 3.05) is 0 Å². The third-order valence-corrected chi connectivity index (χ3v) is 1.38. The Balaban J connectivity index is 2.80. The lowest BCUT2D eigenvalue weighted by Gasteiger charge is -2.10. The highest BCUT2D eigenvalue weighted by atomic mass is 16.2. The molecule has 58 valence electrons. The standard InChI is InChI=1S/C8H9NO2/c1-7(10)9-6-4-2-3-5-8(9)11/h2-4,6H,5H2,1H3. The molecule has 0 aliphatic carbocycles. The number of imide groups is 1. The third kappa shape index (κ3) is 1.77. The fourth-order valence-electron chi connectivity index (χ4n) is 0.845. The van der Waals surface area contributed by atoms with E-state index in [4.69, 9.17) is 0 Å². The van der Waals surface area contributed by atoms with E-state index < -0.39 is 0 Å². The number of hydrogen-bond acceptors (Lipinski definition) is 2. The normalized spacial score (nSPS) is 16.8. The van der Waals surface area contributed by atoms with Crippen LogP contribution in [0.25, 0.3) is 0 Å². The van der Waals surface area contributed by atoms with Gasteiger partial charge in [0.15, 0.2) is 0 Å². The van der Waals surface area contributed by atoms with Crippen LogP contribution in [0.5, 0.6) is 0 Å². The van der Waals surface area contributed by atoms with E-state index in [0.717, 1.165) is 4.90 Å². The second-order valence-corrected chi connectivity index (χ2v) is 2.26. The molecule has 3 nitrogen and oxygen atoms in total. The van der Waals surface area contributed by atoms with E-state index in [2.05, 4.69) is 0 Å². The molecule has 0 aromatic carbocycles. The number of rotatable bonds is 0. The van der Waals surface area contributed by atoms with Crippen LogP contribution in [0.1, 0.15) is 13.3 Å². The quantitative estimate of drug-likeness (QED) is 0.514. The van der Waals surface area contributed by atoms with Crippen LogP contribution in [-0.4, -0.2) is 16.7 Å². The molecule has 0 N–H and O–H groups in total. The summed E-state index contributed by atoms with van der Waals surface area (Å²) in [5.41, 5.74) is 0. The summed E-state index contributed by atoms with van der Waals surface area (Å²) in [4.78, 5) is 23.0. The van der Waals surface area contributed by atoms with Gasteiger partial charge in [-0.2, -0.15) is 0 Å². The Morgan fingerprint density at radius 2 is 2.27 bits per heavy atom. The Labute approximate surface area is 65.0 Å². The predicted molar refractivity (Wildman–Crippen MR) is 40.4 cm³/mol. The molecule has 0 bridgehead atoms. The van der Waals surface area contributed by atoms with Crippen molar-refractivity contribution in [3.63, 3.8) is 0 Å². The second kappa shape index (κ2) is 3.14. The van der Waals surface area contributed by atoms with Crippen LogP contribution in [0.2, 0.25) is 0 Å². The first-order chi connectivity index (χ1) is 5.22. The van der Waals surface area contributed by atoms with Crippen LogP contribution in [0, 0.1) is 0 Å². The summed E-state index contributed by atoms with van der Waals surface area (Å²) in [5.74, 6) is -0.419. The summed E-state index contributed by atoms with van der Waals surface area (Å²) in [6.07, 6.45) is 6.93. The molecule has 2 amide bonds. The van der Waals surface area contributed by atoms with Gasteiger partial charge >= 0.3 is 0 Å². The van der Waals surface area contributed by atoms with Gasteiger partial charge in [-0.1, -0.05) is 12.2 Å². The number of hydrogen-bond donors (Lipinski definition) is 0. The summed E-state index contributed by atoms with van der Waals surface area (Å²) in [6.45, 7) is 1.37. The smallest absolute Gasteiger partial charge is 0.237 e. The first-order valence-electron chi connectivity index (χ1n) is 3.38. The number of carbonyl (C=O) groups is 2. The Morgan fingerprint density at radius 1 is 1.55 bits per heavy atom. The van der Waals surface area contributed by atoms with Gasteiger partial charge in [0.05, 0.1) is 0 Å². The summed E-state index contributed by atoms with van der Waals surface area (Å²) in [7, 11) is 0. The van der Waals surface area contributed by atoms with Gasteiger partial charge in [-0.25, -0.2) is 0 Å². The van der Waals surface area contributed by atoms with Gasteiger partial charge in [0, 0.05) is 19.5 Å². The first-order valence-corrected chi connectivity index (χ1v) is 3.38. The Kier molecular flexibility index (Phi) is 2.21. The van der Waals surface area contributed by atoms with Gasteiger partial charge in [-0.3, -0.25) is 14.5 Å². The van der Waals surface area contributed by atoms with E-state index in [1.165, 1.54) is 13.1 Å². The maximum absolute atomic E-state index is 11.1. The highest BCUT2D eigenvalue weighted by Crippen LogP contribution is 2.02. The van der Waals surface area contributed by atoms with E-state index >= 15 is 0 Å². The molecule has 0 unspecified atom stereocenters. The minimum Gasteiger partial charge on any atom is -0.274 e. The number of allylic oxidation sites excluding steroid dienone is 2. The van der Waals surface area contributed by atoms with Crippen molar-refractivity contribution >= 4 is 11.8 Å². The zero-order valence-electron chi connectivity index (χ0n) is 6.28. The van der Waals surface area contributed by atoms with Crippen molar-refractivity contribution < 1.29 is 9.59 Å². The molecule has 0 saturated heterocycles. The van der Waals surface area contributed by atoms with E-state index in [-0.39, 0.29) is 11.8 Å². The number of amides is 2. The molecule has 3 heteroatoms. The Hall–Kier alpha value is -1.38. The van der Waals surface area contributed by atoms with Gasteiger partial charge in [0.1, 0.15) is 0 Å². The molecule has 1 aliphatic heterocycles. The van der Waals surface area contributed by atoms with Crippen LogP contribution < -0.4 is 0 Å². The van der Waals surface area contributed by atoms with Crippen LogP contribution in [0.3, 0.4) is 0 Å². The molecule has 1 rings (SSSR count). The lowest BCUT2D eigenvalue weighted by molar-refractivity contribution is -0.139. The van der Waals surface area contributed by atoms with E-state index in [0.29, 0.717) is 6.42 Å². The molecule has 0 saturated carbocycles. The molecule has 0 aromatic rings. The van der Waals surface area contributed by atoms with Crippen molar-refractivity contribution in [2.24, 2.45) is 0 Å². The monoisotopic (exact) mass is 151 g/mol. The van der Waals surface area contributed by atoms with Gasteiger partial charge < -0.3 is 0 Å². The molecular weight excluding hydrogens is 142 g/mol. The summed E-state index contributed by atoms with van der Waals surface area (Å²) < 4.78 is 0. The molecule has 0 radical (unpaired) electrons. The van der Waals surface area contributed by atoms with E-state index in [9.17, 15) is 9.59 Å². The van der Waals surface area contributed by atoms with Crippen molar-refractivity contribution in [3.8, 4) is 0 Å². The minimum atomic E-state index is -0.241. The molecule has 0 spiro atoms. The second-order valence-electron chi connectivity index (χ2n) is 2.26. The third-order valence-electron chi connectivity index (χ3n) is 1.38. The van der Waals surface area contributed by atoms with Crippen LogP contribution in [0.4, 0.5) is 0 Å². The molecule has 1 heterocycles. The van der Waals surface area contributed by atoms with Crippen molar-refractivity contribution in [2.45, 2.75) is 13.3 Å². The minimum absolute atomic E-state index is 0.178. The van der Waals surface area contributed by atoms with Gasteiger partial charge in [0.2, 0.25) is 11.8 Å². The lowest BCUT2D eigenvalue weighted by Crippen LogP contribution is -2.28. The van der Waals surface area contributed by atoms with Gasteiger partial charge in [0.25, 0.3) is 0 Å². The first kappa shape index (κ1) is 7.72. The predicted octanol–water partition coefficient (Wildman–Crippen LogP) is 0.835. The molecule has 0 atom stereocenters. The van der Waals surface area contributed by atoms with E-state index in [1.807, 2.05) is 0 Å². The Bertz CT molecular complexity index is 240. The molecular formula is C8H9NO2. The van der Waals surface area contributed by atoms with Crippen LogP contribution in [0.15, 0.2) is 24.4 Å². The SMILES string of the molecule is CC(=O)N1C=CC=CCC1=O. The molecule has 0 aromatic heterocycles. The maximum atomic E-state index is 11.1. The molecule has 1 aliphatic rings. The highest BCUT2D eigenvalue weighted by Gasteiger charge is 2.13. The zero-order chi connectivity index (χ0) is 8.27. The summed E-state index contributed by atoms with van der Waals surface area (Å²) >= 11 is 0. The summed E-state index contributed by atoms with van der Waals surface area (Å²) in [5, 5.41) is 0. The number of carbonyl (C=O) groups excluding carboxylic acids is 2. The average Bonchev–Trinajstić information content (AvgIpc) is 2.13. The highest BCUT2D eigenvalue weighted by molar-refractivity contribution is 5.96. The van der Waals surface area contributed by atoms with Crippen molar-refractivity contribution in [1.29, 1.82) is 0 Å². The van der Waals surface area contributed by atoms with Crippen molar-refractivity contribution in [1.82, 2.24) is 4.90 Å². The average molecular weight is 151 g/mol.